The number of nitrogen functional groups attached to an aromatic ring is 1. The zero-order chi connectivity index (χ0) is 15.2. The van der Waals surface area contributed by atoms with E-state index in [1.54, 1.807) is 0 Å². The van der Waals surface area contributed by atoms with Crippen LogP contribution >= 0.6 is 0 Å². The Labute approximate surface area is 128 Å². The number of ether oxygens (including phenoxy) is 2. The maximum Gasteiger partial charge on any atom is 0.248 e. The number of morpholine rings is 1. The van der Waals surface area contributed by atoms with Gasteiger partial charge in [0.05, 0.1) is 13.2 Å². The summed E-state index contributed by atoms with van der Waals surface area (Å²) >= 11 is 0. The second-order valence-electron chi connectivity index (χ2n) is 5.00. The van der Waals surface area contributed by atoms with Crippen molar-refractivity contribution in [2.45, 2.75) is 0 Å². The van der Waals surface area contributed by atoms with Gasteiger partial charge in [0.15, 0.2) is 0 Å². The summed E-state index contributed by atoms with van der Waals surface area (Å²) in [5.41, 5.74) is 6.34. The number of nitrogens with zero attached hydrogens (tertiary/aromatic N) is 3. The van der Waals surface area contributed by atoms with Crippen molar-refractivity contribution in [3.8, 4) is 5.75 Å². The maximum absolute atomic E-state index is 5.80. The largest absolute Gasteiger partial charge is 0.492 e. The Balaban J connectivity index is 1.50. The number of nitrogens with two attached hydrogens (primary N) is 1. The summed E-state index contributed by atoms with van der Waals surface area (Å²) in [5.74, 6) is 1.52. The lowest BCUT2D eigenvalue weighted by atomic mass is 10.3. The minimum atomic E-state index is 0.278. The van der Waals surface area contributed by atoms with Gasteiger partial charge in [0.25, 0.3) is 0 Å². The SMILES string of the molecule is Nc1nc(Nc2cccc(OCCN3CCOCC3)c2)n[nH]1. The van der Waals surface area contributed by atoms with Gasteiger partial charge in [0.2, 0.25) is 11.9 Å². The minimum absolute atomic E-state index is 0.278. The van der Waals surface area contributed by atoms with E-state index in [1.807, 2.05) is 24.3 Å². The zero-order valence-corrected chi connectivity index (χ0v) is 12.3. The fourth-order valence-corrected chi connectivity index (χ4v) is 2.24. The van der Waals surface area contributed by atoms with Gasteiger partial charge in [-0.2, -0.15) is 4.98 Å². The second kappa shape index (κ2) is 7.10. The quantitative estimate of drug-likeness (QED) is 0.727. The van der Waals surface area contributed by atoms with E-state index in [0.29, 0.717) is 12.6 Å². The van der Waals surface area contributed by atoms with E-state index in [-0.39, 0.29) is 5.95 Å². The molecule has 22 heavy (non-hydrogen) atoms. The van der Waals surface area contributed by atoms with Crippen LogP contribution < -0.4 is 15.8 Å². The molecule has 0 radical (unpaired) electrons. The highest BCUT2D eigenvalue weighted by Gasteiger charge is 2.09. The molecule has 1 aromatic carbocycles. The first-order valence-corrected chi connectivity index (χ1v) is 7.27. The highest BCUT2D eigenvalue weighted by molar-refractivity contribution is 5.56. The molecular weight excluding hydrogens is 284 g/mol. The van der Waals surface area contributed by atoms with E-state index in [9.17, 15) is 0 Å². The fraction of sp³-hybridized carbons (Fsp3) is 0.429. The highest BCUT2D eigenvalue weighted by atomic mass is 16.5. The van der Waals surface area contributed by atoms with Crippen LogP contribution in [-0.4, -0.2) is 59.5 Å². The first-order valence-electron chi connectivity index (χ1n) is 7.27. The molecule has 0 spiro atoms. The Morgan fingerprint density at radius 2 is 2.23 bits per heavy atom. The van der Waals surface area contributed by atoms with Gasteiger partial charge in [-0.25, -0.2) is 5.10 Å². The van der Waals surface area contributed by atoms with Crippen LogP contribution in [0.25, 0.3) is 0 Å². The summed E-state index contributed by atoms with van der Waals surface area (Å²) in [7, 11) is 0. The minimum Gasteiger partial charge on any atom is -0.492 e. The van der Waals surface area contributed by atoms with Gasteiger partial charge >= 0.3 is 0 Å². The predicted octanol–water partition coefficient (Wildman–Crippen LogP) is 0.841. The molecule has 1 aromatic heterocycles. The summed E-state index contributed by atoms with van der Waals surface area (Å²) < 4.78 is 11.1. The van der Waals surface area contributed by atoms with Gasteiger partial charge in [-0.1, -0.05) is 6.07 Å². The normalized spacial score (nSPS) is 15.6. The zero-order valence-electron chi connectivity index (χ0n) is 12.3. The Hall–Kier alpha value is -2.32. The predicted molar refractivity (Wildman–Crippen MR) is 83.3 cm³/mol. The number of benzene rings is 1. The molecule has 2 aromatic rings. The lowest BCUT2D eigenvalue weighted by Crippen LogP contribution is -2.38. The van der Waals surface area contributed by atoms with Crippen molar-refractivity contribution in [2.24, 2.45) is 0 Å². The van der Waals surface area contributed by atoms with Crippen molar-refractivity contribution < 1.29 is 9.47 Å². The summed E-state index contributed by atoms with van der Waals surface area (Å²) in [6, 6.07) is 7.67. The monoisotopic (exact) mass is 304 g/mol. The van der Waals surface area contributed by atoms with Crippen LogP contribution in [0, 0.1) is 0 Å². The molecule has 0 atom stereocenters. The number of anilines is 3. The lowest BCUT2D eigenvalue weighted by molar-refractivity contribution is 0.0322. The Morgan fingerprint density at radius 1 is 1.36 bits per heavy atom. The molecule has 3 rings (SSSR count). The van der Waals surface area contributed by atoms with Crippen molar-refractivity contribution in [3.63, 3.8) is 0 Å². The molecule has 0 saturated carbocycles. The van der Waals surface area contributed by atoms with Gasteiger partial charge in [0.1, 0.15) is 12.4 Å². The van der Waals surface area contributed by atoms with E-state index >= 15 is 0 Å². The van der Waals surface area contributed by atoms with Crippen molar-refractivity contribution in [1.29, 1.82) is 0 Å². The van der Waals surface area contributed by atoms with Crippen LogP contribution in [0.2, 0.25) is 0 Å². The molecule has 0 unspecified atom stereocenters. The van der Waals surface area contributed by atoms with Gasteiger partial charge in [-0.05, 0) is 12.1 Å². The van der Waals surface area contributed by atoms with Gasteiger partial charge in [-0.3, -0.25) is 4.90 Å². The Kier molecular flexibility index (Phi) is 4.71. The van der Waals surface area contributed by atoms with Crippen LogP contribution in [0.1, 0.15) is 0 Å². The average molecular weight is 304 g/mol. The van der Waals surface area contributed by atoms with Crippen LogP contribution in [0.4, 0.5) is 17.6 Å². The van der Waals surface area contributed by atoms with E-state index in [0.717, 1.165) is 44.3 Å². The smallest absolute Gasteiger partial charge is 0.248 e. The third-order valence-electron chi connectivity index (χ3n) is 3.37. The van der Waals surface area contributed by atoms with Gasteiger partial charge in [0, 0.05) is 31.4 Å². The van der Waals surface area contributed by atoms with Crippen molar-refractivity contribution >= 4 is 17.6 Å². The number of rotatable bonds is 6. The molecule has 0 aliphatic carbocycles. The molecule has 8 nitrogen and oxygen atoms in total. The number of nitrogens with one attached hydrogen (secondary N) is 2. The summed E-state index contributed by atoms with van der Waals surface area (Å²) in [5, 5.41) is 9.58. The molecule has 1 fully saturated rings. The van der Waals surface area contributed by atoms with E-state index < -0.39 is 0 Å². The fourth-order valence-electron chi connectivity index (χ4n) is 2.24. The maximum atomic E-state index is 5.80. The number of aromatic amines is 1. The van der Waals surface area contributed by atoms with E-state index in [2.05, 4.69) is 25.4 Å². The first-order chi connectivity index (χ1) is 10.8. The third-order valence-corrected chi connectivity index (χ3v) is 3.37. The number of H-pyrrole nitrogens is 1. The Morgan fingerprint density at radius 3 is 3.00 bits per heavy atom. The average Bonchev–Trinajstić information content (AvgIpc) is 2.94. The van der Waals surface area contributed by atoms with Crippen molar-refractivity contribution in [1.82, 2.24) is 20.1 Å². The molecule has 2 heterocycles. The number of hydrogen-bond donors (Lipinski definition) is 3. The van der Waals surface area contributed by atoms with Crippen molar-refractivity contribution in [3.05, 3.63) is 24.3 Å². The van der Waals surface area contributed by atoms with E-state index in [4.69, 9.17) is 15.2 Å². The highest BCUT2D eigenvalue weighted by Crippen LogP contribution is 2.20. The summed E-state index contributed by atoms with van der Waals surface area (Å²) in [4.78, 5) is 6.33. The molecular formula is C14H20N6O2. The number of hydrogen-bond acceptors (Lipinski definition) is 7. The van der Waals surface area contributed by atoms with Crippen LogP contribution in [0.3, 0.4) is 0 Å². The second-order valence-corrected chi connectivity index (χ2v) is 5.00. The number of aromatic nitrogens is 3. The van der Waals surface area contributed by atoms with Crippen LogP contribution in [0.15, 0.2) is 24.3 Å². The molecule has 1 aliphatic heterocycles. The summed E-state index contributed by atoms with van der Waals surface area (Å²) in [6.07, 6.45) is 0. The molecule has 1 saturated heterocycles. The van der Waals surface area contributed by atoms with Crippen LogP contribution in [0.5, 0.6) is 5.75 Å². The molecule has 0 amide bonds. The van der Waals surface area contributed by atoms with Gasteiger partial charge < -0.3 is 20.5 Å². The molecule has 0 bridgehead atoms. The van der Waals surface area contributed by atoms with Gasteiger partial charge in [-0.15, -0.1) is 5.10 Å². The lowest BCUT2D eigenvalue weighted by Gasteiger charge is -2.26. The topological polar surface area (TPSA) is 101 Å². The molecule has 118 valence electrons. The molecule has 1 aliphatic rings. The standard InChI is InChI=1S/C14H20N6O2/c15-13-17-14(19-18-13)16-11-2-1-3-12(10-11)22-9-6-20-4-7-21-8-5-20/h1-3,10H,4-9H2,(H4,15,16,17,18,19). The van der Waals surface area contributed by atoms with Crippen LogP contribution in [-0.2, 0) is 4.74 Å². The first kappa shape index (κ1) is 14.6. The third kappa shape index (κ3) is 4.09. The molecule has 8 heteroatoms. The van der Waals surface area contributed by atoms with E-state index in [1.165, 1.54) is 0 Å². The van der Waals surface area contributed by atoms with Crippen molar-refractivity contribution in [2.75, 3.05) is 50.5 Å². The molecule has 4 N–H and O–H groups in total. The Bertz CT molecular complexity index is 597. The summed E-state index contributed by atoms with van der Waals surface area (Å²) in [6.45, 7) is 5.10.